The number of hydrogen-bond donors (Lipinski definition) is 13. The van der Waals surface area contributed by atoms with Gasteiger partial charge in [0.2, 0.25) is 41.4 Å². The lowest BCUT2D eigenvalue weighted by atomic mass is 10.0. The summed E-state index contributed by atoms with van der Waals surface area (Å²) in [5, 5.41) is 37.7. The Hall–Kier alpha value is -5.05. The monoisotopic (exact) mass is 768 g/mol. The number of aliphatic carboxylic acids is 1. The van der Waals surface area contributed by atoms with Crippen molar-refractivity contribution in [2.75, 3.05) is 19.6 Å². The van der Waals surface area contributed by atoms with Gasteiger partial charge >= 0.3 is 5.97 Å². The predicted molar refractivity (Wildman–Crippen MR) is 197 cm³/mol. The largest absolute Gasteiger partial charge is 0.480 e. The number of guanidine groups is 1. The van der Waals surface area contributed by atoms with Gasteiger partial charge in [-0.1, -0.05) is 13.8 Å². The molecule has 306 valence electrons. The molecule has 21 heteroatoms. The lowest BCUT2D eigenvalue weighted by molar-refractivity contribution is -0.142. The standard InChI is InChI=1S/C33H60N12O9/c1-17(2)25(31(52)41-18(3)26(47)40-19(4)27(48)44-23(32(53)54)12-13-24(35)46)45-30(51)21(9-5-6-14-34)43-29(50)22(11-8-16-39-33(36)37)42-28(49)20-10-7-15-38-20/h17-23,25,38H,5-16,34H2,1-4H3,(H2,35,46)(H,40,47)(H,41,52)(H,42,49)(H,43,50)(H,44,48)(H,45,51)(H,53,54)(H4,36,37,39)/t18-,19-,20-,21-,22+,23-,25-/m0/s1. The smallest absolute Gasteiger partial charge is 0.326 e. The van der Waals surface area contributed by atoms with Gasteiger partial charge in [0.15, 0.2) is 5.96 Å². The minimum atomic E-state index is -1.42. The number of primary amides is 1. The number of nitrogens with two attached hydrogens (primary N) is 3. The summed E-state index contributed by atoms with van der Waals surface area (Å²) in [6.45, 7) is 7.26. The van der Waals surface area contributed by atoms with Gasteiger partial charge < -0.3 is 64.8 Å². The van der Waals surface area contributed by atoms with E-state index in [2.05, 4.69) is 42.5 Å². The highest BCUT2D eigenvalue weighted by Crippen LogP contribution is 2.10. The molecule has 0 bridgehead atoms. The van der Waals surface area contributed by atoms with E-state index in [1.165, 1.54) is 13.8 Å². The van der Waals surface area contributed by atoms with Crippen LogP contribution in [-0.4, -0.2) is 120 Å². The molecule has 7 amide bonds. The third-order valence-electron chi connectivity index (χ3n) is 8.62. The molecule has 1 rings (SSSR count). The Morgan fingerprint density at radius 1 is 0.722 bits per heavy atom. The molecular weight excluding hydrogens is 708 g/mol. The van der Waals surface area contributed by atoms with Crippen LogP contribution >= 0.6 is 0 Å². The van der Waals surface area contributed by atoms with Crippen molar-refractivity contribution in [2.24, 2.45) is 23.1 Å². The minimum absolute atomic E-state index is 0.169. The Morgan fingerprint density at radius 2 is 1.28 bits per heavy atom. The molecule has 0 aromatic carbocycles. The van der Waals surface area contributed by atoms with E-state index in [0.717, 1.165) is 6.42 Å². The zero-order valence-corrected chi connectivity index (χ0v) is 31.5. The highest BCUT2D eigenvalue weighted by molar-refractivity contribution is 5.97. The molecule has 1 fully saturated rings. The summed E-state index contributed by atoms with van der Waals surface area (Å²) >= 11 is 0. The summed E-state index contributed by atoms with van der Waals surface area (Å²) in [5.41, 5.74) is 16.1. The number of carbonyl (C=O) groups is 8. The van der Waals surface area contributed by atoms with Gasteiger partial charge in [0.25, 0.3) is 0 Å². The van der Waals surface area contributed by atoms with Crippen LogP contribution in [0.2, 0.25) is 0 Å². The number of nitrogens with one attached hydrogen (secondary N) is 9. The van der Waals surface area contributed by atoms with Crippen LogP contribution in [0.3, 0.4) is 0 Å². The molecule has 21 nitrogen and oxygen atoms in total. The Labute approximate surface area is 315 Å². The lowest BCUT2D eigenvalue weighted by Gasteiger charge is -2.28. The van der Waals surface area contributed by atoms with Crippen LogP contribution < -0.4 is 59.7 Å². The molecule has 1 saturated heterocycles. The SMILES string of the molecule is CC(C)[C@H](NC(=O)[C@H](CCCCN)NC(=O)[C@@H](CCCNC(=N)N)NC(=O)[C@@H]1CCCN1)C(=O)N[C@@H](C)C(=O)N[C@@H](C)C(=O)N[C@@H](CCC(N)=O)C(=O)O. The number of rotatable bonds is 25. The molecule has 1 heterocycles. The number of hydrogen-bond acceptors (Lipinski definition) is 11. The molecule has 0 unspecified atom stereocenters. The summed E-state index contributed by atoms with van der Waals surface area (Å²) < 4.78 is 0. The summed E-state index contributed by atoms with van der Waals surface area (Å²) in [7, 11) is 0. The summed E-state index contributed by atoms with van der Waals surface area (Å²) in [4.78, 5) is 102. The number of carbonyl (C=O) groups excluding carboxylic acids is 7. The Morgan fingerprint density at radius 3 is 1.81 bits per heavy atom. The molecule has 1 aliphatic heterocycles. The molecule has 0 aromatic heterocycles. The molecule has 16 N–H and O–H groups in total. The first-order valence-electron chi connectivity index (χ1n) is 18.2. The van der Waals surface area contributed by atoms with Crippen LogP contribution in [0.1, 0.15) is 85.5 Å². The molecular formula is C33H60N12O9. The van der Waals surface area contributed by atoms with Gasteiger partial charge in [-0.3, -0.25) is 39.0 Å². The van der Waals surface area contributed by atoms with Crippen LogP contribution in [0.5, 0.6) is 0 Å². The van der Waals surface area contributed by atoms with E-state index >= 15 is 0 Å². The van der Waals surface area contributed by atoms with Crippen molar-refractivity contribution in [3.63, 3.8) is 0 Å². The fourth-order valence-corrected chi connectivity index (χ4v) is 5.41. The Bertz CT molecular complexity index is 1330. The van der Waals surface area contributed by atoms with Crippen molar-refractivity contribution >= 4 is 53.3 Å². The molecule has 7 atom stereocenters. The van der Waals surface area contributed by atoms with Crippen molar-refractivity contribution < 1.29 is 43.5 Å². The van der Waals surface area contributed by atoms with Crippen molar-refractivity contribution in [1.82, 2.24) is 42.5 Å². The topological polar surface area (TPSA) is 355 Å². The number of unbranched alkanes of at least 4 members (excludes halogenated alkanes) is 1. The quantitative estimate of drug-likeness (QED) is 0.0240. The molecule has 0 spiro atoms. The number of carboxylic acid groups (broad SMARTS) is 1. The maximum absolute atomic E-state index is 13.7. The fraction of sp³-hybridized carbons (Fsp3) is 0.727. The maximum atomic E-state index is 13.7. The third-order valence-corrected chi connectivity index (χ3v) is 8.62. The van der Waals surface area contributed by atoms with Gasteiger partial charge in [-0.05, 0) is 84.2 Å². The van der Waals surface area contributed by atoms with Crippen molar-refractivity contribution in [3.8, 4) is 0 Å². The van der Waals surface area contributed by atoms with Crippen molar-refractivity contribution in [1.29, 1.82) is 5.41 Å². The average molecular weight is 769 g/mol. The van der Waals surface area contributed by atoms with Gasteiger partial charge in [-0.15, -0.1) is 0 Å². The molecule has 1 aliphatic rings. The molecule has 0 saturated carbocycles. The molecule has 0 aromatic rings. The fourth-order valence-electron chi connectivity index (χ4n) is 5.41. The third kappa shape index (κ3) is 17.6. The maximum Gasteiger partial charge on any atom is 0.326 e. The van der Waals surface area contributed by atoms with Gasteiger partial charge in [0.1, 0.15) is 36.3 Å². The molecule has 0 radical (unpaired) electrons. The van der Waals surface area contributed by atoms with Gasteiger partial charge in [0.05, 0.1) is 6.04 Å². The van der Waals surface area contributed by atoms with Crippen LogP contribution in [-0.2, 0) is 38.4 Å². The van der Waals surface area contributed by atoms with Crippen molar-refractivity contribution in [2.45, 2.75) is 128 Å². The average Bonchev–Trinajstić information content (AvgIpc) is 3.64. The van der Waals surface area contributed by atoms with E-state index in [1.807, 2.05) is 0 Å². The first-order valence-corrected chi connectivity index (χ1v) is 18.2. The van der Waals surface area contributed by atoms with Crippen molar-refractivity contribution in [3.05, 3.63) is 0 Å². The first kappa shape index (κ1) is 47.0. The summed E-state index contributed by atoms with van der Waals surface area (Å²) in [5.74, 6) is -6.88. The number of amides is 7. The van der Waals surface area contributed by atoms with Crippen LogP contribution in [0.4, 0.5) is 0 Å². The second-order valence-corrected chi connectivity index (χ2v) is 13.6. The van der Waals surface area contributed by atoms with E-state index in [0.29, 0.717) is 38.8 Å². The van der Waals surface area contributed by atoms with E-state index in [4.69, 9.17) is 22.6 Å². The Kier molecular flexibility index (Phi) is 21.1. The van der Waals surface area contributed by atoms with Crippen LogP contribution in [0.15, 0.2) is 0 Å². The van der Waals surface area contributed by atoms with Crippen LogP contribution in [0, 0.1) is 11.3 Å². The zero-order chi connectivity index (χ0) is 41.0. The normalized spacial score (nSPS) is 17.0. The number of carboxylic acids is 1. The summed E-state index contributed by atoms with van der Waals surface area (Å²) in [6.07, 6.45) is 2.59. The van der Waals surface area contributed by atoms with E-state index in [1.54, 1.807) is 13.8 Å². The Balaban J connectivity index is 3.00. The second-order valence-electron chi connectivity index (χ2n) is 13.6. The van der Waals surface area contributed by atoms with Gasteiger partial charge in [-0.2, -0.15) is 0 Å². The van der Waals surface area contributed by atoms with Gasteiger partial charge in [0, 0.05) is 13.0 Å². The zero-order valence-electron chi connectivity index (χ0n) is 31.5. The van der Waals surface area contributed by atoms with E-state index in [-0.39, 0.29) is 44.1 Å². The van der Waals surface area contributed by atoms with Gasteiger partial charge in [-0.25, -0.2) is 4.79 Å². The minimum Gasteiger partial charge on any atom is -0.480 e. The molecule has 0 aliphatic carbocycles. The first-order chi connectivity index (χ1) is 25.4. The molecule has 54 heavy (non-hydrogen) atoms. The van der Waals surface area contributed by atoms with E-state index in [9.17, 15) is 43.5 Å². The highest BCUT2D eigenvalue weighted by Gasteiger charge is 2.33. The summed E-state index contributed by atoms with van der Waals surface area (Å²) in [6, 6.07) is -7.60. The highest BCUT2D eigenvalue weighted by atomic mass is 16.4. The predicted octanol–water partition coefficient (Wildman–Crippen LogP) is -3.91. The lowest BCUT2D eigenvalue weighted by Crippen LogP contribution is -2.60. The second kappa shape index (κ2) is 24.3. The van der Waals surface area contributed by atoms with Crippen LogP contribution in [0.25, 0.3) is 0 Å². The van der Waals surface area contributed by atoms with E-state index < -0.39 is 89.6 Å².